The number of carbonyl (C=O) groups is 1. The first-order chi connectivity index (χ1) is 8.16. The fourth-order valence-corrected chi connectivity index (χ4v) is 1.77. The zero-order valence-corrected chi connectivity index (χ0v) is 10.3. The van der Waals surface area contributed by atoms with Crippen molar-refractivity contribution >= 4 is 21.9 Å². The Morgan fingerprint density at radius 3 is 2.82 bits per heavy atom. The van der Waals surface area contributed by atoms with Crippen LogP contribution in [-0.4, -0.2) is 21.3 Å². The number of benzene rings is 1. The molecule has 1 aromatic carbocycles. The van der Waals surface area contributed by atoms with Gasteiger partial charge in [0.2, 0.25) is 11.8 Å². The molecule has 0 saturated heterocycles. The molecule has 0 unspecified atom stereocenters. The monoisotopic (exact) mass is 296 g/mol. The molecule has 0 bridgehead atoms. The first kappa shape index (κ1) is 11.8. The number of aliphatic carboxylic acids is 1. The average molecular weight is 297 g/mol. The van der Waals surface area contributed by atoms with Crippen molar-refractivity contribution in [3.05, 3.63) is 34.6 Å². The number of halogens is 1. The van der Waals surface area contributed by atoms with E-state index in [9.17, 15) is 4.79 Å². The molecular weight excluding hydrogens is 288 g/mol. The Kier molecular flexibility index (Phi) is 3.53. The number of carboxylic acid groups (broad SMARTS) is 1. The molecule has 2 aromatic rings. The third kappa shape index (κ3) is 2.91. The number of hydrogen-bond donors (Lipinski definition) is 1. The van der Waals surface area contributed by atoms with Crippen LogP contribution >= 0.6 is 15.9 Å². The summed E-state index contributed by atoms with van der Waals surface area (Å²) >= 11 is 3.38. The number of carboxylic acids is 1. The summed E-state index contributed by atoms with van der Waals surface area (Å²) < 4.78 is 6.24. The Labute approximate surface area is 106 Å². The second-order valence-electron chi connectivity index (χ2n) is 3.37. The van der Waals surface area contributed by atoms with E-state index in [4.69, 9.17) is 9.52 Å². The minimum absolute atomic E-state index is 0.0163. The highest BCUT2D eigenvalue weighted by Gasteiger charge is 2.11. The smallest absolute Gasteiger partial charge is 0.303 e. The number of rotatable bonds is 4. The SMILES string of the molecule is O=C(O)CCc1nnc(-c2ccccc2Br)o1. The molecule has 17 heavy (non-hydrogen) atoms. The molecule has 6 heteroatoms. The predicted molar refractivity (Wildman–Crippen MR) is 63.4 cm³/mol. The third-order valence-corrected chi connectivity index (χ3v) is 2.82. The highest BCUT2D eigenvalue weighted by molar-refractivity contribution is 9.10. The van der Waals surface area contributed by atoms with E-state index in [0.717, 1.165) is 10.0 Å². The van der Waals surface area contributed by atoms with Crippen molar-refractivity contribution < 1.29 is 14.3 Å². The molecule has 1 heterocycles. The molecule has 1 aromatic heterocycles. The van der Waals surface area contributed by atoms with Crippen molar-refractivity contribution in [1.82, 2.24) is 10.2 Å². The van der Waals surface area contributed by atoms with E-state index in [-0.39, 0.29) is 12.8 Å². The lowest BCUT2D eigenvalue weighted by atomic mass is 10.2. The second-order valence-corrected chi connectivity index (χ2v) is 4.23. The van der Waals surface area contributed by atoms with Crippen molar-refractivity contribution in [3.63, 3.8) is 0 Å². The molecule has 5 nitrogen and oxygen atoms in total. The summed E-state index contributed by atoms with van der Waals surface area (Å²) in [6, 6.07) is 7.46. The highest BCUT2D eigenvalue weighted by Crippen LogP contribution is 2.26. The summed E-state index contributed by atoms with van der Waals surface area (Å²) in [4.78, 5) is 10.4. The quantitative estimate of drug-likeness (QED) is 0.938. The molecule has 1 N–H and O–H groups in total. The Balaban J connectivity index is 2.18. The molecule has 2 rings (SSSR count). The van der Waals surface area contributed by atoms with Crippen molar-refractivity contribution in [2.45, 2.75) is 12.8 Å². The molecule has 0 radical (unpaired) electrons. The van der Waals surface area contributed by atoms with Crippen molar-refractivity contribution in [3.8, 4) is 11.5 Å². The van der Waals surface area contributed by atoms with Gasteiger partial charge in [-0.1, -0.05) is 12.1 Å². The van der Waals surface area contributed by atoms with Gasteiger partial charge in [-0.25, -0.2) is 0 Å². The van der Waals surface area contributed by atoms with Gasteiger partial charge in [-0.15, -0.1) is 10.2 Å². The first-order valence-corrected chi connectivity index (χ1v) is 5.75. The molecular formula is C11H9BrN2O3. The average Bonchev–Trinajstić information content (AvgIpc) is 2.75. The molecule has 0 aliphatic carbocycles. The molecule has 0 amide bonds. The van der Waals surface area contributed by atoms with Gasteiger partial charge in [0.25, 0.3) is 0 Å². The lowest BCUT2D eigenvalue weighted by Gasteiger charge is -1.96. The molecule has 0 spiro atoms. The van der Waals surface area contributed by atoms with Crippen molar-refractivity contribution in [1.29, 1.82) is 0 Å². The van der Waals surface area contributed by atoms with E-state index in [1.54, 1.807) is 0 Å². The lowest BCUT2D eigenvalue weighted by Crippen LogP contribution is -1.97. The lowest BCUT2D eigenvalue weighted by molar-refractivity contribution is -0.137. The van der Waals surface area contributed by atoms with Crippen LogP contribution in [0.5, 0.6) is 0 Å². The van der Waals surface area contributed by atoms with E-state index in [0.29, 0.717) is 11.8 Å². The van der Waals surface area contributed by atoms with E-state index in [1.807, 2.05) is 24.3 Å². The van der Waals surface area contributed by atoms with Crippen LogP contribution in [0.2, 0.25) is 0 Å². The van der Waals surface area contributed by atoms with Crippen LogP contribution in [0.3, 0.4) is 0 Å². The fourth-order valence-electron chi connectivity index (χ4n) is 1.31. The van der Waals surface area contributed by atoms with Crippen LogP contribution in [0, 0.1) is 0 Å². The Morgan fingerprint density at radius 1 is 1.35 bits per heavy atom. The summed E-state index contributed by atoms with van der Waals surface area (Å²) in [6.45, 7) is 0. The van der Waals surface area contributed by atoms with E-state index in [2.05, 4.69) is 26.1 Å². The predicted octanol–water partition coefficient (Wildman–Crippen LogP) is 2.52. The maximum Gasteiger partial charge on any atom is 0.303 e. The highest BCUT2D eigenvalue weighted by atomic mass is 79.9. The Hall–Kier alpha value is -1.69. The zero-order valence-electron chi connectivity index (χ0n) is 8.76. The van der Waals surface area contributed by atoms with Crippen LogP contribution in [0.15, 0.2) is 33.2 Å². The maximum absolute atomic E-state index is 10.4. The zero-order chi connectivity index (χ0) is 12.3. The van der Waals surface area contributed by atoms with Gasteiger partial charge < -0.3 is 9.52 Å². The van der Waals surface area contributed by atoms with Crippen LogP contribution in [-0.2, 0) is 11.2 Å². The fraction of sp³-hybridized carbons (Fsp3) is 0.182. The van der Waals surface area contributed by atoms with Crippen LogP contribution in [0.25, 0.3) is 11.5 Å². The van der Waals surface area contributed by atoms with Crippen LogP contribution in [0.4, 0.5) is 0 Å². The number of aromatic nitrogens is 2. The van der Waals surface area contributed by atoms with E-state index >= 15 is 0 Å². The minimum Gasteiger partial charge on any atom is -0.481 e. The van der Waals surface area contributed by atoms with Gasteiger partial charge in [0, 0.05) is 10.9 Å². The van der Waals surface area contributed by atoms with Crippen LogP contribution < -0.4 is 0 Å². The topological polar surface area (TPSA) is 76.2 Å². The minimum atomic E-state index is -0.884. The molecule has 0 saturated carbocycles. The maximum atomic E-state index is 10.4. The molecule has 0 aliphatic heterocycles. The first-order valence-electron chi connectivity index (χ1n) is 4.96. The second kappa shape index (κ2) is 5.09. The summed E-state index contributed by atoms with van der Waals surface area (Å²) in [5.41, 5.74) is 0.793. The third-order valence-electron chi connectivity index (χ3n) is 2.12. The standard InChI is InChI=1S/C11H9BrN2O3/c12-8-4-2-1-3-7(8)11-14-13-9(17-11)5-6-10(15)16/h1-4H,5-6H2,(H,15,16). The van der Waals surface area contributed by atoms with Gasteiger partial charge in [0.15, 0.2) is 0 Å². The number of aryl methyl sites for hydroxylation is 1. The van der Waals surface area contributed by atoms with Gasteiger partial charge in [-0.2, -0.15) is 0 Å². The molecule has 0 fully saturated rings. The summed E-state index contributed by atoms with van der Waals surface area (Å²) in [5, 5.41) is 16.2. The number of nitrogens with zero attached hydrogens (tertiary/aromatic N) is 2. The van der Waals surface area contributed by atoms with Gasteiger partial charge in [0.05, 0.1) is 12.0 Å². The molecule has 0 aliphatic rings. The summed E-state index contributed by atoms with van der Waals surface area (Å²) in [7, 11) is 0. The number of hydrogen-bond acceptors (Lipinski definition) is 4. The van der Waals surface area contributed by atoms with Crippen LogP contribution in [0.1, 0.15) is 12.3 Å². The summed E-state index contributed by atoms with van der Waals surface area (Å²) in [6.07, 6.45) is 0.227. The largest absolute Gasteiger partial charge is 0.481 e. The van der Waals surface area contributed by atoms with Gasteiger partial charge in [0.1, 0.15) is 0 Å². The normalized spacial score (nSPS) is 10.4. The van der Waals surface area contributed by atoms with Gasteiger partial charge >= 0.3 is 5.97 Å². The van der Waals surface area contributed by atoms with Crippen molar-refractivity contribution in [2.75, 3.05) is 0 Å². The van der Waals surface area contributed by atoms with E-state index in [1.165, 1.54) is 0 Å². The van der Waals surface area contributed by atoms with Crippen molar-refractivity contribution in [2.24, 2.45) is 0 Å². The van der Waals surface area contributed by atoms with Gasteiger partial charge in [-0.05, 0) is 28.1 Å². The van der Waals surface area contributed by atoms with Gasteiger partial charge in [-0.3, -0.25) is 4.79 Å². The summed E-state index contributed by atoms with van der Waals surface area (Å²) in [5.74, 6) is -0.165. The Morgan fingerprint density at radius 2 is 2.12 bits per heavy atom. The molecule has 88 valence electrons. The Bertz CT molecular complexity index is 539. The molecule has 0 atom stereocenters. The van der Waals surface area contributed by atoms with E-state index < -0.39 is 5.97 Å².